The molecule has 3 aliphatic heterocycles. The predicted octanol–water partition coefficient (Wildman–Crippen LogP) is 0.474. The van der Waals surface area contributed by atoms with Crippen molar-refractivity contribution < 1.29 is 50.4 Å². The van der Waals surface area contributed by atoms with Gasteiger partial charge in [0.25, 0.3) is 0 Å². The fourth-order valence-corrected chi connectivity index (χ4v) is 2.85. The van der Waals surface area contributed by atoms with Crippen LogP contribution < -0.4 is 0 Å². The van der Waals surface area contributed by atoms with Crippen LogP contribution in [0.1, 0.15) is 0 Å². The molecule has 4 rings (SSSR count). The Morgan fingerprint density at radius 2 is 1.37 bits per heavy atom. The molecule has 0 spiro atoms. The Morgan fingerprint density at radius 1 is 0.900 bits per heavy atom. The molecule has 0 atom stereocenters. The zero-order valence-electron chi connectivity index (χ0n) is 15.2. The van der Waals surface area contributed by atoms with Crippen molar-refractivity contribution in [2.45, 2.75) is 12.1 Å². The fraction of sp³-hybridized carbons (Fsp3) is 0.600. The second-order valence-corrected chi connectivity index (χ2v) is 8.09. The van der Waals surface area contributed by atoms with Crippen molar-refractivity contribution in [1.29, 1.82) is 0 Å². The minimum atomic E-state index is -5.89. The molecule has 3 heterocycles. The first-order valence-corrected chi connectivity index (χ1v) is 10.2. The third kappa shape index (κ3) is 5.36. The molecule has 9 nitrogen and oxygen atoms in total. The zero-order chi connectivity index (χ0) is 22.5. The lowest BCUT2D eigenvalue weighted by Crippen LogP contribution is -2.40. The van der Waals surface area contributed by atoms with E-state index in [4.69, 9.17) is 9.79 Å². The summed E-state index contributed by atoms with van der Waals surface area (Å²) in [5, 5.41) is 0. The summed E-state index contributed by atoms with van der Waals surface area (Å²) in [7, 11) is -5.31. The monoisotopic (exact) mass is 461 g/mol. The summed E-state index contributed by atoms with van der Waals surface area (Å²) >= 11 is 0. The van der Waals surface area contributed by atoms with E-state index >= 15 is 0 Å². The molecule has 0 radical (unpaired) electrons. The van der Waals surface area contributed by atoms with Crippen LogP contribution in [-0.2, 0) is 18.7 Å². The molecule has 15 heteroatoms. The highest BCUT2D eigenvalue weighted by Gasteiger charge is 2.58. The molecule has 30 heavy (non-hydrogen) atoms. The molecule has 1 aliphatic carbocycles. The number of Topliss-reactive ketones (excluding diaryl/α,β-unsaturated/α-hetero) is 1. The Kier molecular flexibility index (Phi) is 5.73. The van der Waals surface area contributed by atoms with Crippen molar-refractivity contribution in [3.63, 3.8) is 0 Å². The van der Waals surface area contributed by atoms with Gasteiger partial charge < -0.3 is 24.5 Å². The van der Waals surface area contributed by atoms with Crippen LogP contribution in [-0.4, -0.2) is 94.0 Å². The summed E-state index contributed by atoms with van der Waals surface area (Å²) < 4.78 is 70.5. The molecule has 2 N–H and O–H groups in total. The van der Waals surface area contributed by atoms with Gasteiger partial charge in [-0.15, -0.1) is 0 Å². The summed E-state index contributed by atoms with van der Waals surface area (Å²) in [6, 6.07) is 0. The van der Waals surface area contributed by atoms with E-state index in [9.17, 15) is 36.1 Å². The number of hydrogen-bond donors (Lipinski definition) is 2. The molecule has 0 aromatic carbocycles. The molecular weight excluding hydrogens is 444 g/mol. The molecule has 3 fully saturated rings. The summed E-state index contributed by atoms with van der Waals surface area (Å²) in [5.74, 6) is -5.22. The number of ketones is 2. The van der Waals surface area contributed by atoms with Crippen LogP contribution in [0.15, 0.2) is 23.2 Å². The summed E-state index contributed by atoms with van der Waals surface area (Å²) in [5.41, 5.74) is 1.89. The maximum absolute atomic E-state index is 12.4. The minimum absolute atomic E-state index is 0.00546. The van der Waals surface area contributed by atoms with Crippen molar-refractivity contribution >= 4 is 19.4 Å². The van der Waals surface area contributed by atoms with E-state index in [1.165, 1.54) is 6.08 Å². The maximum atomic E-state index is 12.4. The molecule has 0 aromatic heterocycles. The number of halogens is 5. The van der Waals surface area contributed by atoms with Crippen LogP contribution in [0.3, 0.4) is 0 Å². The number of phosphoric acid groups is 1. The van der Waals surface area contributed by atoms with Crippen molar-refractivity contribution in [1.82, 2.24) is 14.7 Å². The third-order valence-electron chi connectivity index (χ3n) is 4.32. The van der Waals surface area contributed by atoms with Gasteiger partial charge in [-0.2, -0.15) is 22.0 Å². The lowest BCUT2D eigenvalue weighted by atomic mass is 10.0. The Balaban J connectivity index is 0.000000180. The van der Waals surface area contributed by atoms with Gasteiger partial charge in [0.2, 0.25) is 11.6 Å². The third-order valence-corrected chi connectivity index (χ3v) is 4.78. The Bertz CT molecular complexity index is 855. The molecule has 168 valence electrons. The lowest BCUT2D eigenvalue weighted by molar-refractivity contribution is -0.290. The first kappa shape index (κ1) is 22.7. The maximum Gasteiger partial charge on any atom is 0.469 e. The van der Waals surface area contributed by atoms with Gasteiger partial charge >= 0.3 is 19.9 Å². The first-order chi connectivity index (χ1) is 13.7. The highest BCUT2D eigenvalue weighted by molar-refractivity contribution is 7.46. The van der Waals surface area contributed by atoms with Crippen LogP contribution >= 0.6 is 7.82 Å². The number of allylic oxidation sites excluding steroid dienone is 1. The summed E-state index contributed by atoms with van der Waals surface area (Å²) in [4.78, 5) is 46.1. The van der Waals surface area contributed by atoms with E-state index < -0.39 is 26.5 Å². The first-order valence-electron chi connectivity index (χ1n) is 8.66. The molecular formula is C15H17F5N3O6P. The molecule has 0 saturated carbocycles. The predicted molar refractivity (Wildman–Crippen MR) is 88.8 cm³/mol. The van der Waals surface area contributed by atoms with E-state index in [0.29, 0.717) is 17.1 Å². The number of phosphoric ester groups is 1. The molecule has 4 aliphatic rings. The highest BCUT2D eigenvalue weighted by Crippen LogP contribution is 2.42. The number of hydrogen-bond acceptors (Lipinski definition) is 7. The topological polar surface area (TPSA) is 110 Å². The zero-order valence-corrected chi connectivity index (χ0v) is 16.1. The summed E-state index contributed by atoms with van der Waals surface area (Å²) in [6.07, 6.45) is -4.36. The largest absolute Gasteiger partial charge is 0.469 e. The number of rotatable bonds is 6. The highest BCUT2D eigenvalue weighted by atomic mass is 31.2. The lowest BCUT2D eigenvalue weighted by Gasteiger charge is -2.21. The van der Waals surface area contributed by atoms with Crippen LogP contribution in [0.2, 0.25) is 0 Å². The van der Waals surface area contributed by atoms with Gasteiger partial charge in [0.05, 0.1) is 5.70 Å². The van der Waals surface area contributed by atoms with E-state index in [1.54, 1.807) is 0 Å². The van der Waals surface area contributed by atoms with E-state index in [1.807, 2.05) is 14.7 Å². The van der Waals surface area contributed by atoms with Gasteiger partial charge in [-0.25, -0.2) is 4.57 Å². The molecule has 0 amide bonds. The van der Waals surface area contributed by atoms with Gasteiger partial charge in [0.1, 0.15) is 18.0 Å². The average Bonchev–Trinajstić information content (AvgIpc) is 3.45. The van der Waals surface area contributed by atoms with Gasteiger partial charge in [0, 0.05) is 45.3 Å². The fourth-order valence-electron chi connectivity index (χ4n) is 2.52. The number of carbonyl (C=O) groups excluding carboxylic acids is 2. The van der Waals surface area contributed by atoms with Crippen LogP contribution in [0.25, 0.3) is 0 Å². The Morgan fingerprint density at radius 3 is 1.77 bits per heavy atom. The molecule has 3 saturated heterocycles. The second-order valence-electron chi connectivity index (χ2n) is 6.85. The SMILES string of the molecule is O=C1C=C(N2CC2)C(=O)C(N2CC2)=C1N1CC1.O=P(O)(O)OCC(F)(F)C(F)(F)F. The smallest absolute Gasteiger partial charge is 0.365 e. The van der Waals surface area contributed by atoms with Crippen molar-refractivity contribution in [2.24, 2.45) is 0 Å². The van der Waals surface area contributed by atoms with Crippen LogP contribution in [0.4, 0.5) is 22.0 Å². The van der Waals surface area contributed by atoms with E-state index in [2.05, 4.69) is 4.52 Å². The van der Waals surface area contributed by atoms with E-state index in [0.717, 1.165) is 39.3 Å². The van der Waals surface area contributed by atoms with Gasteiger partial charge in [0.15, 0.2) is 0 Å². The summed E-state index contributed by atoms with van der Waals surface area (Å²) in [6.45, 7) is 3.00. The number of nitrogens with zero attached hydrogens (tertiary/aromatic N) is 3. The van der Waals surface area contributed by atoms with Gasteiger partial charge in [-0.05, 0) is 0 Å². The Labute approximate surface area is 166 Å². The van der Waals surface area contributed by atoms with Crippen molar-refractivity contribution in [3.8, 4) is 0 Å². The normalized spacial score (nSPS) is 21.4. The van der Waals surface area contributed by atoms with Crippen molar-refractivity contribution in [3.05, 3.63) is 23.2 Å². The van der Waals surface area contributed by atoms with Crippen LogP contribution in [0, 0.1) is 0 Å². The molecule has 0 aromatic rings. The number of carbonyl (C=O) groups is 2. The second kappa shape index (κ2) is 7.59. The number of alkyl halides is 5. The molecule has 0 unspecified atom stereocenters. The molecule has 0 bridgehead atoms. The van der Waals surface area contributed by atoms with E-state index in [-0.39, 0.29) is 11.6 Å². The standard InChI is InChI=1S/C12H13N3O2.C3H4F5O4P/c16-9-7-8(13-1-2-13)12(17)11(15-5-6-15)10(9)14-3-4-14;4-2(5,3(6,7)8)1-12-13(9,10)11/h7H,1-6H2;1H2,(H2,9,10,11). The van der Waals surface area contributed by atoms with Gasteiger partial charge in [-0.1, -0.05) is 0 Å². The van der Waals surface area contributed by atoms with Crippen molar-refractivity contribution in [2.75, 3.05) is 45.9 Å². The Hall–Kier alpha value is -2.02. The minimum Gasteiger partial charge on any atom is -0.365 e. The van der Waals surface area contributed by atoms with Crippen LogP contribution in [0.5, 0.6) is 0 Å². The van der Waals surface area contributed by atoms with Gasteiger partial charge in [-0.3, -0.25) is 14.1 Å². The average molecular weight is 461 g/mol. The quantitative estimate of drug-likeness (QED) is 0.253.